The molecule has 2 aromatic carbocycles. The van der Waals surface area contributed by atoms with Crippen LogP contribution in [0.15, 0.2) is 60.0 Å². The fourth-order valence-corrected chi connectivity index (χ4v) is 5.12. The Kier molecular flexibility index (Phi) is 7.07. The summed E-state index contributed by atoms with van der Waals surface area (Å²) in [5.74, 6) is -1.53. The summed E-state index contributed by atoms with van der Waals surface area (Å²) in [4.78, 5) is 13.5. The van der Waals surface area contributed by atoms with Crippen LogP contribution in [0.25, 0.3) is 39.0 Å². The van der Waals surface area contributed by atoms with Crippen molar-refractivity contribution in [2.45, 2.75) is 32.4 Å². The Bertz CT molecular complexity index is 1540. The van der Waals surface area contributed by atoms with E-state index in [0.29, 0.717) is 24.5 Å². The number of imidazole rings is 1. The quantitative estimate of drug-likeness (QED) is 0.133. The number of ether oxygens (including phenoxy) is 1. The standard InChI is InChI=1S/C28H27ClF2N4OSi/c1-37(2,3)9-8-36-17-35-16-34-27(28(35)22-12-23(29)25(31)13-24(22)30)18-4-5-26-20(10-18)11-21(15-33-26)19-6-7-32-14-19/h4-6,10-16H,7-9,17H2,1-3H3. The van der Waals surface area contributed by atoms with E-state index < -0.39 is 19.7 Å². The highest BCUT2D eigenvalue weighted by molar-refractivity contribution is 6.76. The molecule has 2 aromatic heterocycles. The Morgan fingerprint density at radius 3 is 2.59 bits per heavy atom. The first-order chi connectivity index (χ1) is 17.7. The lowest BCUT2D eigenvalue weighted by atomic mass is 10.0. The van der Waals surface area contributed by atoms with Crippen molar-refractivity contribution in [3.05, 3.63) is 77.2 Å². The maximum absolute atomic E-state index is 15.1. The van der Waals surface area contributed by atoms with E-state index in [-0.39, 0.29) is 17.3 Å². The summed E-state index contributed by atoms with van der Waals surface area (Å²) < 4.78 is 36.8. The van der Waals surface area contributed by atoms with Crippen LogP contribution in [-0.4, -0.2) is 42.0 Å². The molecule has 0 fully saturated rings. The molecule has 190 valence electrons. The van der Waals surface area contributed by atoms with Crippen LogP contribution in [0.3, 0.4) is 0 Å². The summed E-state index contributed by atoms with van der Waals surface area (Å²) in [6, 6.07) is 11.0. The van der Waals surface area contributed by atoms with E-state index in [1.165, 1.54) is 6.07 Å². The van der Waals surface area contributed by atoms with Gasteiger partial charge >= 0.3 is 0 Å². The van der Waals surface area contributed by atoms with E-state index in [9.17, 15) is 4.39 Å². The van der Waals surface area contributed by atoms with Crippen LogP contribution in [-0.2, 0) is 11.5 Å². The minimum atomic E-state index is -1.27. The van der Waals surface area contributed by atoms with E-state index >= 15 is 4.39 Å². The molecular weight excluding hydrogens is 510 g/mol. The first-order valence-corrected chi connectivity index (χ1v) is 16.2. The number of benzene rings is 2. The van der Waals surface area contributed by atoms with Gasteiger partial charge in [0.25, 0.3) is 0 Å². The fourth-order valence-electron chi connectivity index (χ4n) is 4.20. The SMILES string of the molecule is C[Si](C)(C)CCOCn1cnc(-c2ccc3ncc(C4=CCN=C4)cc3c2)c1-c1cc(Cl)c(F)cc1F. The van der Waals surface area contributed by atoms with Gasteiger partial charge in [0, 0.05) is 55.2 Å². The van der Waals surface area contributed by atoms with Crippen LogP contribution < -0.4 is 0 Å². The first kappa shape index (κ1) is 25.4. The molecule has 0 spiro atoms. The van der Waals surface area contributed by atoms with Gasteiger partial charge in [0.2, 0.25) is 0 Å². The average molecular weight is 537 g/mol. The summed E-state index contributed by atoms with van der Waals surface area (Å²) in [5.41, 5.74) is 4.79. The van der Waals surface area contributed by atoms with Crippen LogP contribution >= 0.6 is 11.6 Å². The zero-order valence-corrected chi connectivity index (χ0v) is 22.7. The highest BCUT2D eigenvalue weighted by atomic mass is 35.5. The third-order valence-electron chi connectivity index (χ3n) is 6.26. The van der Waals surface area contributed by atoms with E-state index in [4.69, 9.17) is 16.3 Å². The van der Waals surface area contributed by atoms with Gasteiger partial charge in [-0.3, -0.25) is 9.98 Å². The molecule has 0 radical (unpaired) electrons. The predicted octanol–water partition coefficient (Wildman–Crippen LogP) is 7.48. The number of aliphatic imine (C=N–C) groups is 1. The molecule has 0 bridgehead atoms. The summed E-state index contributed by atoms with van der Waals surface area (Å²) in [5, 5.41) is 0.759. The topological polar surface area (TPSA) is 52.3 Å². The van der Waals surface area contributed by atoms with Gasteiger partial charge in [0.05, 0.1) is 34.8 Å². The van der Waals surface area contributed by atoms with Gasteiger partial charge in [-0.1, -0.05) is 43.4 Å². The Morgan fingerprint density at radius 1 is 1.03 bits per heavy atom. The van der Waals surface area contributed by atoms with Gasteiger partial charge in [-0.25, -0.2) is 13.8 Å². The molecule has 0 saturated carbocycles. The largest absolute Gasteiger partial charge is 0.361 e. The number of nitrogens with zero attached hydrogens (tertiary/aromatic N) is 4. The minimum absolute atomic E-state index is 0.159. The predicted molar refractivity (Wildman–Crippen MR) is 149 cm³/mol. The van der Waals surface area contributed by atoms with Crippen LogP contribution in [0.1, 0.15) is 5.56 Å². The number of halogens is 3. The highest BCUT2D eigenvalue weighted by Crippen LogP contribution is 2.36. The third kappa shape index (κ3) is 5.56. The molecule has 3 heterocycles. The van der Waals surface area contributed by atoms with Crippen molar-refractivity contribution in [1.29, 1.82) is 0 Å². The molecule has 0 aliphatic carbocycles. The number of hydrogen-bond donors (Lipinski definition) is 0. The Morgan fingerprint density at radius 2 is 1.84 bits per heavy atom. The molecule has 5 rings (SSSR count). The first-order valence-electron chi connectivity index (χ1n) is 12.1. The lowest BCUT2D eigenvalue weighted by Gasteiger charge is -2.17. The van der Waals surface area contributed by atoms with E-state index in [1.54, 1.807) is 10.9 Å². The summed E-state index contributed by atoms with van der Waals surface area (Å²) >= 11 is 6.07. The maximum atomic E-state index is 15.1. The molecule has 1 aliphatic heterocycles. The smallest absolute Gasteiger partial charge is 0.144 e. The molecule has 0 unspecified atom stereocenters. The number of aromatic nitrogens is 3. The zero-order valence-electron chi connectivity index (χ0n) is 20.9. The number of pyridine rings is 1. The molecule has 5 nitrogen and oxygen atoms in total. The van der Waals surface area contributed by atoms with Crippen molar-refractivity contribution in [3.8, 4) is 22.5 Å². The Balaban J connectivity index is 1.57. The van der Waals surface area contributed by atoms with Crippen LogP contribution in [0.4, 0.5) is 8.78 Å². The Hall–Kier alpha value is -3.20. The van der Waals surface area contributed by atoms with Gasteiger partial charge in [0.1, 0.15) is 18.4 Å². The monoisotopic (exact) mass is 536 g/mol. The Labute approximate surface area is 220 Å². The average Bonchev–Trinajstić information content (AvgIpc) is 3.53. The lowest BCUT2D eigenvalue weighted by molar-refractivity contribution is 0.0882. The second-order valence-corrected chi connectivity index (χ2v) is 16.3. The number of hydrogen-bond acceptors (Lipinski definition) is 4. The molecule has 0 saturated heterocycles. The summed E-state index contributed by atoms with van der Waals surface area (Å²) in [6.07, 6.45) is 7.35. The van der Waals surface area contributed by atoms with Crippen molar-refractivity contribution in [1.82, 2.24) is 14.5 Å². The molecule has 4 aromatic rings. The van der Waals surface area contributed by atoms with Gasteiger partial charge in [0.15, 0.2) is 0 Å². The van der Waals surface area contributed by atoms with Gasteiger partial charge in [-0.05, 0) is 35.9 Å². The third-order valence-corrected chi connectivity index (χ3v) is 8.26. The minimum Gasteiger partial charge on any atom is -0.361 e. The fraction of sp³-hybridized carbons (Fsp3) is 0.250. The van der Waals surface area contributed by atoms with Crippen LogP contribution in [0.2, 0.25) is 30.7 Å². The second kappa shape index (κ2) is 10.3. The molecule has 0 amide bonds. The van der Waals surface area contributed by atoms with Crippen LogP contribution in [0.5, 0.6) is 0 Å². The van der Waals surface area contributed by atoms with Gasteiger partial charge in [-0.2, -0.15) is 0 Å². The molecule has 1 aliphatic rings. The summed E-state index contributed by atoms with van der Waals surface area (Å²) in [7, 11) is -1.27. The number of rotatable bonds is 8. The zero-order chi connectivity index (χ0) is 26.2. The van der Waals surface area contributed by atoms with E-state index in [2.05, 4.69) is 46.7 Å². The molecule has 0 N–H and O–H groups in total. The van der Waals surface area contributed by atoms with E-state index in [0.717, 1.165) is 39.7 Å². The second-order valence-electron chi connectivity index (χ2n) is 10.3. The molecule has 37 heavy (non-hydrogen) atoms. The van der Waals surface area contributed by atoms with Crippen molar-refractivity contribution in [2.24, 2.45) is 4.99 Å². The molecule has 9 heteroatoms. The normalized spacial score (nSPS) is 13.5. The highest BCUT2D eigenvalue weighted by Gasteiger charge is 2.21. The van der Waals surface area contributed by atoms with Crippen molar-refractivity contribution < 1.29 is 13.5 Å². The molecule has 0 atom stereocenters. The van der Waals surface area contributed by atoms with E-state index in [1.807, 2.05) is 30.6 Å². The maximum Gasteiger partial charge on any atom is 0.144 e. The van der Waals surface area contributed by atoms with Crippen LogP contribution in [0, 0.1) is 11.6 Å². The number of allylic oxidation sites excluding steroid dienone is 1. The number of fused-ring (bicyclic) bond motifs is 1. The van der Waals surface area contributed by atoms with Gasteiger partial charge < -0.3 is 9.30 Å². The lowest BCUT2D eigenvalue weighted by Crippen LogP contribution is -2.22. The molecular formula is C28H27ClF2N4OSi. The van der Waals surface area contributed by atoms with Crippen molar-refractivity contribution >= 4 is 42.4 Å². The van der Waals surface area contributed by atoms with Gasteiger partial charge in [-0.15, -0.1) is 0 Å². The van der Waals surface area contributed by atoms with Crippen molar-refractivity contribution in [3.63, 3.8) is 0 Å². The van der Waals surface area contributed by atoms with Crippen molar-refractivity contribution in [2.75, 3.05) is 13.2 Å². The summed E-state index contributed by atoms with van der Waals surface area (Å²) in [6.45, 7) is 8.29.